The van der Waals surface area contributed by atoms with Crippen molar-refractivity contribution in [1.82, 2.24) is 19.8 Å². The number of aryl methyl sites for hydroxylation is 1. The lowest BCUT2D eigenvalue weighted by Crippen LogP contribution is -2.47. The normalized spacial score (nSPS) is 17.7. The van der Waals surface area contributed by atoms with Gasteiger partial charge in [0.2, 0.25) is 11.8 Å². The summed E-state index contributed by atoms with van der Waals surface area (Å²) in [5.74, 6) is 1.02. The van der Waals surface area contributed by atoms with Gasteiger partial charge < -0.3 is 14.8 Å². The minimum atomic E-state index is -0.105. The molecule has 140 valence electrons. The van der Waals surface area contributed by atoms with Gasteiger partial charge in [-0.3, -0.25) is 9.59 Å². The van der Waals surface area contributed by atoms with E-state index >= 15 is 0 Å². The largest absolute Gasteiger partial charge is 0.354 e. The molecule has 1 aliphatic heterocycles. The Morgan fingerprint density at radius 1 is 1.31 bits per heavy atom. The summed E-state index contributed by atoms with van der Waals surface area (Å²) in [6, 6.07) is 8.03. The van der Waals surface area contributed by atoms with E-state index in [2.05, 4.69) is 14.9 Å². The maximum atomic E-state index is 12.5. The van der Waals surface area contributed by atoms with Crippen LogP contribution in [0.2, 0.25) is 0 Å². The Hall–Kier alpha value is -2.37. The fourth-order valence-corrected chi connectivity index (χ4v) is 3.67. The molecule has 3 rings (SSSR count). The maximum Gasteiger partial charge on any atom is 0.225 e. The summed E-state index contributed by atoms with van der Waals surface area (Å²) in [7, 11) is 0. The first-order valence-corrected chi connectivity index (χ1v) is 9.45. The van der Waals surface area contributed by atoms with Gasteiger partial charge in [-0.15, -0.1) is 0 Å². The van der Waals surface area contributed by atoms with Crippen LogP contribution in [0.1, 0.15) is 32.5 Å². The first-order chi connectivity index (χ1) is 12.5. The number of amides is 2. The molecule has 2 aromatic rings. The van der Waals surface area contributed by atoms with Crippen LogP contribution in [0.4, 0.5) is 0 Å². The van der Waals surface area contributed by atoms with Gasteiger partial charge in [0.25, 0.3) is 0 Å². The zero-order chi connectivity index (χ0) is 18.7. The first-order valence-electron chi connectivity index (χ1n) is 9.45. The van der Waals surface area contributed by atoms with Gasteiger partial charge in [-0.25, -0.2) is 4.98 Å². The average molecular weight is 356 g/mol. The van der Waals surface area contributed by atoms with E-state index in [1.54, 1.807) is 0 Å². The minimum Gasteiger partial charge on any atom is -0.354 e. The highest BCUT2D eigenvalue weighted by atomic mass is 16.2. The summed E-state index contributed by atoms with van der Waals surface area (Å²) >= 11 is 0. The SMILES string of the molecule is Cc1nc2ccccc2n1CCNC(=O)[C@H]1CCCN(C(=O)C(C)C)C1. The number of hydrogen-bond donors (Lipinski definition) is 1. The molecule has 1 aromatic carbocycles. The quantitative estimate of drug-likeness (QED) is 0.894. The van der Waals surface area contributed by atoms with Crippen LogP contribution in [0.25, 0.3) is 11.0 Å². The van der Waals surface area contributed by atoms with Gasteiger partial charge in [0.1, 0.15) is 5.82 Å². The predicted octanol–water partition coefficient (Wildman–Crippen LogP) is 2.36. The van der Waals surface area contributed by atoms with E-state index in [4.69, 9.17) is 0 Å². The maximum absolute atomic E-state index is 12.5. The summed E-state index contributed by atoms with van der Waals surface area (Å²) in [6.07, 6.45) is 1.74. The molecule has 1 fully saturated rings. The zero-order valence-electron chi connectivity index (χ0n) is 15.9. The average Bonchev–Trinajstić information content (AvgIpc) is 2.96. The molecule has 6 nitrogen and oxygen atoms in total. The summed E-state index contributed by atoms with van der Waals surface area (Å²) in [4.78, 5) is 31.1. The molecule has 0 spiro atoms. The summed E-state index contributed by atoms with van der Waals surface area (Å²) in [5.41, 5.74) is 2.07. The number of nitrogens with one attached hydrogen (secondary N) is 1. The van der Waals surface area contributed by atoms with E-state index in [0.717, 1.165) is 36.2 Å². The highest BCUT2D eigenvalue weighted by Gasteiger charge is 2.29. The number of para-hydroxylation sites is 2. The Bertz CT molecular complexity index is 796. The van der Waals surface area contributed by atoms with Crippen molar-refractivity contribution in [2.45, 2.75) is 40.2 Å². The Morgan fingerprint density at radius 3 is 2.85 bits per heavy atom. The van der Waals surface area contributed by atoms with Crippen molar-refractivity contribution in [2.24, 2.45) is 11.8 Å². The Balaban J connectivity index is 1.55. The van der Waals surface area contributed by atoms with Crippen LogP contribution < -0.4 is 5.32 Å². The lowest BCUT2D eigenvalue weighted by molar-refractivity contribution is -0.138. The van der Waals surface area contributed by atoms with Gasteiger partial charge in [0.05, 0.1) is 17.0 Å². The summed E-state index contributed by atoms with van der Waals surface area (Å²) < 4.78 is 2.13. The van der Waals surface area contributed by atoms with Crippen molar-refractivity contribution in [2.75, 3.05) is 19.6 Å². The van der Waals surface area contributed by atoms with E-state index in [-0.39, 0.29) is 23.7 Å². The van der Waals surface area contributed by atoms with Gasteiger partial charge in [-0.1, -0.05) is 26.0 Å². The van der Waals surface area contributed by atoms with E-state index in [9.17, 15) is 9.59 Å². The second-order valence-electron chi connectivity index (χ2n) is 7.37. The molecule has 1 atom stereocenters. The van der Waals surface area contributed by atoms with E-state index in [1.807, 2.05) is 49.9 Å². The van der Waals surface area contributed by atoms with E-state index < -0.39 is 0 Å². The van der Waals surface area contributed by atoms with E-state index in [1.165, 1.54) is 0 Å². The molecule has 26 heavy (non-hydrogen) atoms. The second kappa shape index (κ2) is 7.89. The molecule has 0 bridgehead atoms. The van der Waals surface area contributed by atoms with Crippen molar-refractivity contribution in [3.8, 4) is 0 Å². The van der Waals surface area contributed by atoms with Gasteiger partial charge in [0, 0.05) is 32.1 Å². The third-order valence-corrected chi connectivity index (χ3v) is 5.08. The van der Waals surface area contributed by atoms with Crippen molar-refractivity contribution in [1.29, 1.82) is 0 Å². The molecule has 0 aliphatic carbocycles. The molecule has 0 radical (unpaired) electrons. The fourth-order valence-electron chi connectivity index (χ4n) is 3.67. The summed E-state index contributed by atoms with van der Waals surface area (Å²) in [6.45, 7) is 8.36. The Morgan fingerprint density at radius 2 is 2.08 bits per heavy atom. The highest BCUT2D eigenvalue weighted by Crippen LogP contribution is 2.19. The zero-order valence-corrected chi connectivity index (χ0v) is 15.9. The van der Waals surface area contributed by atoms with Gasteiger partial charge in [0.15, 0.2) is 0 Å². The number of hydrogen-bond acceptors (Lipinski definition) is 3. The van der Waals surface area contributed by atoms with Crippen LogP contribution in [-0.4, -0.2) is 45.9 Å². The molecular formula is C20H28N4O2. The number of imidazole rings is 1. The molecule has 1 aliphatic rings. The molecule has 1 saturated heterocycles. The number of aromatic nitrogens is 2. The van der Waals surface area contributed by atoms with E-state index in [0.29, 0.717) is 19.6 Å². The van der Waals surface area contributed by atoms with Crippen molar-refractivity contribution < 1.29 is 9.59 Å². The number of benzene rings is 1. The fraction of sp³-hybridized carbons (Fsp3) is 0.550. The van der Waals surface area contributed by atoms with Gasteiger partial charge >= 0.3 is 0 Å². The third kappa shape index (κ3) is 3.89. The second-order valence-corrected chi connectivity index (χ2v) is 7.37. The molecular weight excluding hydrogens is 328 g/mol. The Labute approximate surface area is 154 Å². The van der Waals surface area contributed by atoms with Gasteiger partial charge in [-0.2, -0.15) is 0 Å². The van der Waals surface area contributed by atoms with Crippen molar-refractivity contribution in [3.05, 3.63) is 30.1 Å². The molecule has 0 saturated carbocycles. The smallest absolute Gasteiger partial charge is 0.225 e. The van der Waals surface area contributed by atoms with Crippen LogP contribution in [0.5, 0.6) is 0 Å². The number of piperidine rings is 1. The number of nitrogens with zero attached hydrogens (tertiary/aromatic N) is 3. The first kappa shape index (κ1) is 18.4. The van der Waals surface area contributed by atoms with Crippen LogP contribution >= 0.6 is 0 Å². The Kier molecular flexibility index (Phi) is 5.59. The number of carbonyl (C=O) groups is 2. The summed E-state index contributed by atoms with van der Waals surface area (Å²) in [5, 5.41) is 3.05. The highest BCUT2D eigenvalue weighted by molar-refractivity contribution is 5.82. The standard InChI is InChI=1S/C20H28N4O2/c1-14(2)20(26)23-11-6-7-16(13-23)19(25)21-10-12-24-15(3)22-17-8-4-5-9-18(17)24/h4-5,8-9,14,16H,6-7,10-13H2,1-3H3,(H,21,25)/t16-/m0/s1. The lowest BCUT2D eigenvalue weighted by atomic mass is 9.96. The monoisotopic (exact) mass is 356 g/mol. The van der Waals surface area contributed by atoms with Crippen LogP contribution in [0.15, 0.2) is 24.3 Å². The van der Waals surface area contributed by atoms with Gasteiger partial charge in [-0.05, 0) is 31.9 Å². The molecule has 0 unspecified atom stereocenters. The minimum absolute atomic E-state index is 0.0192. The molecule has 1 aromatic heterocycles. The van der Waals surface area contributed by atoms with Crippen LogP contribution in [-0.2, 0) is 16.1 Å². The molecule has 2 heterocycles. The molecule has 2 amide bonds. The van der Waals surface area contributed by atoms with Crippen LogP contribution in [0.3, 0.4) is 0 Å². The van der Waals surface area contributed by atoms with Crippen LogP contribution in [0, 0.1) is 18.8 Å². The molecule has 1 N–H and O–H groups in total. The number of rotatable bonds is 5. The number of likely N-dealkylation sites (tertiary alicyclic amines) is 1. The number of fused-ring (bicyclic) bond motifs is 1. The molecule has 6 heteroatoms. The predicted molar refractivity (Wildman–Crippen MR) is 102 cm³/mol. The van der Waals surface area contributed by atoms with Crippen molar-refractivity contribution >= 4 is 22.8 Å². The number of carbonyl (C=O) groups excluding carboxylic acids is 2. The topological polar surface area (TPSA) is 67.2 Å². The lowest BCUT2D eigenvalue weighted by Gasteiger charge is -2.33. The third-order valence-electron chi connectivity index (χ3n) is 5.08. The van der Waals surface area contributed by atoms with Crippen molar-refractivity contribution in [3.63, 3.8) is 0 Å².